The summed E-state index contributed by atoms with van der Waals surface area (Å²) in [6, 6.07) is -8.81. The fraction of sp³-hybridized carbons (Fsp3) is 0.300. The Morgan fingerprint density at radius 1 is 0.227 bits per heavy atom. The Labute approximate surface area is 375 Å². The third-order valence-electron chi connectivity index (χ3n) is 9.77. The minimum absolute atomic E-state index is 0. The van der Waals surface area contributed by atoms with Crippen LogP contribution in [0.15, 0.2) is 97.1 Å². The van der Waals surface area contributed by atoms with E-state index in [4.69, 9.17) is 0 Å². The monoisotopic (exact) mass is 1090 g/mol. The Bertz CT molecular complexity index is 1920. The maximum atomic E-state index is 14.2. The Balaban J connectivity index is 0.00000116. The van der Waals surface area contributed by atoms with Crippen molar-refractivity contribution >= 4 is 53.8 Å². The second kappa shape index (κ2) is 19.3. The smallest absolute Gasteiger partial charge is 0.194 e. The van der Waals surface area contributed by atoms with Crippen molar-refractivity contribution < 1.29 is 105 Å². The Morgan fingerprint density at radius 2 is 0.348 bits per heavy atom. The van der Waals surface area contributed by atoms with E-state index in [1.807, 2.05) is 0 Å². The van der Waals surface area contributed by atoms with Crippen LogP contribution in [0, 0.1) is 0 Å². The van der Waals surface area contributed by atoms with E-state index < -0.39 is 195 Å². The van der Waals surface area contributed by atoms with Crippen LogP contribution in [-0.2, 0) is 49.4 Å². The summed E-state index contributed by atoms with van der Waals surface area (Å²) in [4.78, 5) is 0. The van der Waals surface area contributed by atoms with E-state index in [0.717, 1.165) is 0 Å². The summed E-state index contributed by atoms with van der Waals surface area (Å²) in [6.45, 7) is 0. The molecule has 0 atom stereocenters. The standard InChI is InChI=1S/C32H12BF24.C8H12.In/c34-25(35,36)13-1-14(26(37,38)39)6-21(5-13)33(22-7-15(27(40,41)42)2-16(8-22)28(43,44)45,23-9-17(29(46,47)48)3-18(10-23)30(49,50)51)24-11-19(31(52,53)54)4-20(12-24)32(55,56)57;1-2-4-6-8-7-5-3-1;/h1-12H;1-2,7-8H,3-6H2;/q-1;;+1/b;2-1-,8-7-;. The number of hydrogen-bond acceptors (Lipinski definition) is 0. The molecule has 26 heteroatoms. The molecule has 4 aromatic carbocycles. The van der Waals surface area contributed by atoms with Crippen molar-refractivity contribution in [3.63, 3.8) is 0 Å². The van der Waals surface area contributed by atoms with E-state index in [2.05, 4.69) is 24.3 Å². The molecule has 0 saturated heterocycles. The second-order valence-corrected chi connectivity index (χ2v) is 14.3. The predicted octanol–water partition coefficient (Wildman–Crippen LogP) is 13.5. The zero-order valence-corrected chi connectivity index (χ0v) is 35.6. The molecule has 0 spiro atoms. The van der Waals surface area contributed by atoms with Crippen molar-refractivity contribution in [2.75, 3.05) is 0 Å². The van der Waals surface area contributed by atoms with Gasteiger partial charge in [0.2, 0.25) is 0 Å². The van der Waals surface area contributed by atoms with Crippen molar-refractivity contribution in [3.8, 4) is 0 Å². The molecule has 1 aliphatic rings. The van der Waals surface area contributed by atoms with Crippen LogP contribution in [-0.4, -0.2) is 32.0 Å². The van der Waals surface area contributed by atoms with Crippen LogP contribution in [0.3, 0.4) is 0 Å². The molecule has 0 aromatic heterocycles. The van der Waals surface area contributed by atoms with Gasteiger partial charge < -0.3 is 0 Å². The Kier molecular flexibility index (Phi) is 16.4. The summed E-state index contributed by atoms with van der Waals surface area (Å²) in [5.74, 6) is 0. The van der Waals surface area contributed by atoms with Gasteiger partial charge in [-0.25, -0.2) is 0 Å². The van der Waals surface area contributed by atoms with Crippen molar-refractivity contribution in [3.05, 3.63) is 142 Å². The van der Waals surface area contributed by atoms with E-state index >= 15 is 0 Å². The molecular weight excluding hydrogens is 1060 g/mol. The number of alkyl halides is 24. The van der Waals surface area contributed by atoms with Gasteiger partial charge in [-0.3, -0.25) is 0 Å². The molecule has 66 heavy (non-hydrogen) atoms. The molecule has 0 heterocycles. The maximum absolute atomic E-state index is 14.2. The third-order valence-corrected chi connectivity index (χ3v) is 9.77. The molecule has 0 saturated carbocycles. The zero-order valence-electron chi connectivity index (χ0n) is 32.3. The van der Waals surface area contributed by atoms with Crippen LogP contribution < -0.4 is 21.9 Å². The summed E-state index contributed by atoms with van der Waals surface area (Å²) in [5.41, 5.74) is -30.2. The predicted molar refractivity (Wildman–Crippen MR) is 193 cm³/mol. The van der Waals surface area contributed by atoms with Gasteiger partial charge in [0.1, 0.15) is 6.15 Å². The first-order valence-electron chi connectivity index (χ1n) is 17.9. The van der Waals surface area contributed by atoms with Crippen LogP contribution in [0.2, 0.25) is 0 Å². The van der Waals surface area contributed by atoms with Gasteiger partial charge >= 0.3 is 75.3 Å². The van der Waals surface area contributed by atoms with Gasteiger partial charge in [0, 0.05) is 0 Å². The van der Waals surface area contributed by atoms with E-state index in [0.29, 0.717) is 0 Å². The molecule has 4 aromatic rings. The van der Waals surface area contributed by atoms with Crippen LogP contribution in [0.4, 0.5) is 105 Å². The molecule has 0 unspecified atom stereocenters. The van der Waals surface area contributed by atoms with Crippen molar-refractivity contribution in [1.29, 1.82) is 0 Å². The molecule has 0 fully saturated rings. The minimum Gasteiger partial charge on any atom is -0.194 e. The van der Waals surface area contributed by atoms with Gasteiger partial charge in [0.15, 0.2) is 0 Å². The minimum atomic E-state index is -6.13. The van der Waals surface area contributed by atoms with Crippen LogP contribution in [0.25, 0.3) is 0 Å². The van der Waals surface area contributed by atoms with E-state index in [9.17, 15) is 105 Å². The molecule has 0 nitrogen and oxygen atoms in total. The third kappa shape index (κ3) is 13.4. The summed E-state index contributed by atoms with van der Waals surface area (Å²) in [5, 5.41) is 0. The average Bonchev–Trinajstić information content (AvgIpc) is 3.12. The van der Waals surface area contributed by atoms with Crippen molar-refractivity contribution in [2.24, 2.45) is 0 Å². The SMILES string of the molecule is C1=C\CC/C=C\CC/1.FC(F)(F)c1cc([B-](c2cc(C(F)(F)F)cc(C(F)(F)F)c2)(c2cc(C(F)(F)F)cc(C(F)(F)F)c2)c2cc(C(F)(F)F)cc(C(F)(F)F)c2)cc(C(F)(F)F)c1.[In+]. The zero-order chi connectivity index (χ0) is 49.6. The Hall–Kier alpha value is -4.38. The van der Waals surface area contributed by atoms with Crippen molar-refractivity contribution in [1.82, 2.24) is 0 Å². The summed E-state index contributed by atoms with van der Waals surface area (Å²) in [6.07, 6.45) is -40.8. The first-order chi connectivity index (χ1) is 29.3. The van der Waals surface area contributed by atoms with Crippen LogP contribution in [0.1, 0.15) is 70.2 Å². The number of halogens is 24. The normalized spacial score (nSPS) is 15.8. The Morgan fingerprint density at radius 3 is 0.455 bits per heavy atom. The number of allylic oxidation sites excluding steroid dienone is 4. The fourth-order valence-electron chi connectivity index (χ4n) is 6.93. The number of benzene rings is 4. The van der Waals surface area contributed by atoms with Gasteiger partial charge in [-0.1, -0.05) is 72.8 Å². The van der Waals surface area contributed by atoms with E-state index in [-0.39, 0.29) is 25.8 Å². The van der Waals surface area contributed by atoms with Gasteiger partial charge in [0.25, 0.3) is 0 Å². The molecule has 0 bridgehead atoms. The maximum Gasteiger partial charge on any atom is 1.00 e. The first-order valence-corrected chi connectivity index (χ1v) is 17.9. The molecule has 2 radical (unpaired) electrons. The summed E-state index contributed by atoms with van der Waals surface area (Å²) in [7, 11) is 0. The molecule has 1 aliphatic carbocycles. The van der Waals surface area contributed by atoms with Crippen LogP contribution in [0.5, 0.6) is 0 Å². The molecular formula is C40H24BF24In. The average molecular weight is 1090 g/mol. The van der Waals surface area contributed by atoms with E-state index in [1.165, 1.54) is 25.7 Å². The molecule has 358 valence electrons. The topological polar surface area (TPSA) is 0 Å². The van der Waals surface area contributed by atoms with Gasteiger partial charge in [0.05, 0.1) is 44.5 Å². The quantitative estimate of drug-likeness (QED) is 0.109. The molecule has 0 N–H and O–H groups in total. The second-order valence-electron chi connectivity index (χ2n) is 14.3. The molecule has 0 amide bonds. The van der Waals surface area contributed by atoms with Crippen molar-refractivity contribution in [2.45, 2.75) is 75.1 Å². The van der Waals surface area contributed by atoms with Gasteiger partial charge in [-0.05, 0) is 49.9 Å². The fourth-order valence-corrected chi connectivity index (χ4v) is 6.93. The summed E-state index contributed by atoms with van der Waals surface area (Å²) >= 11 is 0. The molecule has 5 rings (SSSR count). The number of rotatable bonds is 4. The largest absolute Gasteiger partial charge is 1.00 e. The van der Waals surface area contributed by atoms with Gasteiger partial charge in [-0.15, -0.1) is 0 Å². The summed E-state index contributed by atoms with van der Waals surface area (Å²) < 4.78 is 341. The molecule has 0 aliphatic heterocycles. The first kappa shape index (κ1) is 55.9. The number of hydrogen-bond donors (Lipinski definition) is 0. The van der Waals surface area contributed by atoms with Crippen LogP contribution >= 0.6 is 0 Å². The van der Waals surface area contributed by atoms with E-state index in [1.54, 1.807) is 0 Å². The van der Waals surface area contributed by atoms with Gasteiger partial charge in [-0.2, -0.15) is 127 Å².